The van der Waals surface area contributed by atoms with Crippen LogP contribution in [0.3, 0.4) is 0 Å². The van der Waals surface area contributed by atoms with Gasteiger partial charge in [0.25, 0.3) is 0 Å². The highest BCUT2D eigenvalue weighted by Gasteiger charge is 2.32. The first-order chi connectivity index (χ1) is 15.1. The van der Waals surface area contributed by atoms with Gasteiger partial charge in [-0.25, -0.2) is 0 Å². The van der Waals surface area contributed by atoms with Crippen LogP contribution in [-0.2, 0) is 9.53 Å². The molecule has 1 amide bonds. The minimum atomic E-state index is -0.538. The lowest BCUT2D eigenvalue weighted by Crippen LogP contribution is -2.46. The van der Waals surface area contributed by atoms with Crippen molar-refractivity contribution in [3.8, 4) is 0 Å². The van der Waals surface area contributed by atoms with E-state index < -0.39 is 6.04 Å². The maximum absolute atomic E-state index is 13.8. The molecule has 0 spiro atoms. The summed E-state index contributed by atoms with van der Waals surface area (Å²) in [5.41, 5.74) is 2.78. The number of hydrogen-bond donors (Lipinski definition) is 1. The van der Waals surface area contributed by atoms with Crippen molar-refractivity contribution in [1.29, 1.82) is 0 Å². The zero-order valence-corrected chi connectivity index (χ0v) is 18.5. The van der Waals surface area contributed by atoms with Crippen molar-refractivity contribution in [2.24, 2.45) is 0 Å². The number of rotatable bonds is 6. The Labute approximate surface area is 192 Å². The molecule has 1 fully saturated rings. The standard InChI is InChI=1S/C25H24Cl2N2O2/c26-20-11-12-21(22(27)17-20)24(29-13-15-31-16-14-29)25(30)28-23(18-7-3-1-4-8-18)19-9-5-2-6-10-19/h1-12,17,23-24H,13-16H2,(H,28,30)/t24-/m1/s1. The Morgan fingerprint density at radius 1 is 0.871 bits per heavy atom. The molecule has 3 aromatic rings. The highest BCUT2D eigenvalue weighted by molar-refractivity contribution is 6.35. The molecule has 3 aromatic carbocycles. The summed E-state index contributed by atoms with van der Waals surface area (Å²) in [4.78, 5) is 15.9. The fourth-order valence-corrected chi connectivity index (χ4v) is 4.45. The molecule has 0 saturated carbocycles. The second-order valence-corrected chi connectivity index (χ2v) is 8.32. The summed E-state index contributed by atoms with van der Waals surface area (Å²) in [6, 6.07) is 24.4. The molecule has 1 aliphatic rings. The van der Waals surface area contributed by atoms with E-state index in [1.54, 1.807) is 12.1 Å². The molecular weight excluding hydrogens is 431 g/mol. The first-order valence-electron chi connectivity index (χ1n) is 10.3. The molecular formula is C25H24Cl2N2O2. The van der Waals surface area contributed by atoms with Gasteiger partial charge in [0.2, 0.25) is 5.91 Å². The Morgan fingerprint density at radius 2 is 1.45 bits per heavy atom. The Morgan fingerprint density at radius 3 is 2.00 bits per heavy atom. The molecule has 1 saturated heterocycles. The molecule has 0 unspecified atom stereocenters. The Balaban J connectivity index is 1.69. The summed E-state index contributed by atoms with van der Waals surface area (Å²) < 4.78 is 5.51. The van der Waals surface area contributed by atoms with E-state index in [1.807, 2.05) is 66.7 Å². The lowest BCUT2D eigenvalue weighted by atomic mass is 9.97. The second-order valence-electron chi connectivity index (χ2n) is 7.48. The van der Waals surface area contributed by atoms with Crippen molar-refractivity contribution in [2.45, 2.75) is 12.1 Å². The van der Waals surface area contributed by atoms with Gasteiger partial charge in [0.15, 0.2) is 0 Å². The summed E-state index contributed by atoms with van der Waals surface area (Å²) in [7, 11) is 0. The number of carbonyl (C=O) groups excluding carboxylic acids is 1. The fourth-order valence-electron chi connectivity index (χ4n) is 3.93. The molecule has 0 radical (unpaired) electrons. The van der Waals surface area contributed by atoms with Gasteiger partial charge >= 0.3 is 0 Å². The van der Waals surface area contributed by atoms with Gasteiger partial charge < -0.3 is 10.1 Å². The maximum Gasteiger partial charge on any atom is 0.242 e. The molecule has 160 valence electrons. The number of nitrogens with one attached hydrogen (secondary N) is 1. The van der Waals surface area contributed by atoms with Crippen LogP contribution in [0.4, 0.5) is 0 Å². The van der Waals surface area contributed by atoms with Crippen LogP contribution in [0.25, 0.3) is 0 Å². The fraction of sp³-hybridized carbons (Fsp3) is 0.240. The number of nitrogens with zero attached hydrogens (tertiary/aromatic N) is 1. The number of benzene rings is 3. The second kappa shape index (κ2) is 10.3. The molecule has 0 aromatic heterocycles. The third kappa shape index (κ3) is 5.28. The summed E-state index contributed by atoms with van der Waals surface area (Å²) in [5, 5.41) is 4.30. The van der Waals surface area contributed by atoms with Crippen LogP contribution < -0.4 is 5.32 Å². The van der Waals surface area contributed by atoms with Crippen LogP contribution in [0.2, 0.25) is 10.0 Å². The summed E-state index contributed by atoms with van der Waals surface area (Å²) in [6.45, 7) is 2.46. The number of hydrogen-bond acceptors (Lipinski definition) is 3. The maximum atomic E-state index is 13.8. The highest BCUT2D eigenvalue weighted by Crippen LogP contribution is 2.32. The van der Waals surface area contributed by atoms with Crippen LogP contribution >= 0.6 is 23.2 Å². The van der Waals surface area contributed by atoms with E-state index in [1.165, 1.54) is 0 Å². The van der Waals surface area contributed by atoms with Gasteiger partial charge in [-0.1, -0.05) is 89.9 Å². The van der Waals surface area contributed by atoms with Crippen molar-refractivity contribution in [3.05, 3.63) is 106 Å². The van der Waals surface area contributed by atoms with Crippen molar-refractivity contribution >= 4 is 29.1 Å². The monoisotopic (exact) mass is 454 g/mol. The molecule has 31 heavy (non-hydrogen) atoms. The van der Waals surface area contributed by atoms with E-state index >= 15 is 0 Å². The SMILES string of the molecule is O=C(NC(c1ccccc1)c1ccccc1)[C@@H](c1ccc(Cl)cc1Cl)N1CCOCC1. The molecule has 6 heteroatoms. The van der Waals surface area contributed by atoms with E-state index in [-0.39, 0.29) is 11.9 Å². The van der Waals surface area contributed by atoms with Crippen molar-refractivity contribution in [2.75, 3.05) is 26.3 Å². The van der Waals surface area contributed by atoms with Gasteiger partial charge in [0.1, 0.15) is 6.04 Å². The zero-order chi connectivity index (χ0) is 21.6. The summed E-state index contributed by atoms with van der Waals surface area (Å²) in [6.07, 6.45) is 0. The number of ether oxygens (including phenoxy) is 1. The number of carbonyl (C=O) groups is 1. The normalized spacial score (nSPS) is 15.6. The van der Waals surface area contributed by atoms with Crippen LogP contribution in [0, 0.1) is 0 Å². The Bertz CT molecular complexity index is 969. The van der Waals surface area contributed by atoms with Gasteiger partial charge in [-0.05, 0) is 28.8 Å². The van der Waals surface area contributed by atoms with Crippen molar-refractivity contribution < 1.29 is 9.53 Å². The predicted octanol–water partition coefficient (Wildman–Crippen LogP) is 5.27. The van der Waals surface area contributed by atoms with Gasteiger partial charge in [0, 0.05) is 23.1 Å². The minimum Gasteiger partial charge on any atom is -0.379 e. The van der Waals surface area contributed by atoms with Crippen LogP contribution in [0.1, 0.15) is 28.8 Å². The van der Waals surface area contributed by atoms with Gasteiger partial charge in [-0.2, -0.15) is 0 Å². The summed E-state index contributed by atoms with van der Waals surface area (Å²) in [5.74, 6) is -0.108. The third-order valence-corrected chi connectivity index (χ3v) is 6.03. The van der Waals surface area contributed by atoms with E-state index in [4.69, 9.17) is 27.9 Å². The third-order valence-electron chi connectivity index (χ3n) is 5.47. The quantitative estimate of drug-likeness (QED) is 0.551. The van der Waals surface area contributed by atoms with E-state index in [0.717, 1.165) is 16.7 Å². The topological polar surface area (TPSA) is 41.6 Å². The smallest absolute Gasteiger partial charge is 0.242 e. The number of amides is 1. The number of morpholine rings is 1. The average molecular weight is 455 g/mol. The molecule has 1 atom stereocenters. The van der Waals surface area contributed by atoms with E-state index in [9.17, 15) is 4.79 Å². The molecule has 1 aliphatic heterocycles. The Hall–Kier alpha value is -2.37. The van der Waals surface area contributed by atoms with Gasteiger partial charge in [-0.3, -0.25) is 9.69 Å². The lowest BCUT2D eigenvalue weighted by Gasteiger charge is -2.35. The molecule has 1 N–H and O–H groups in total. The van der Waals surface area contributed by atoms with Gasteiger partial charge in [-0.15, -0.1) is 0 Å². The number of halogens is 2. The average Bonchev–Trinajstić information content (AvgIpc) is 2.81. The molecule has 0 aliphatic carbocycles. The predicted molar refractivity (Wildman–Crippen MR) is 124 cm³/mol. The highest BCUT2D eigenvalue weighted by atomic mass is 35.5. The molecule has 0 bridgehead atoms. The van der Waals surface area contributed by atoms with E-state index in [0.29, 0.717) is 36.3 Å². The van der Waals surface area contributed by atoms with Gasteiger partial charge in [0.05, 0.1) is 19.3 Å². The minimum absolute atomic E-state index is 0.108. The van der Waals surface area contributed by atoms with Crippen LogP contribution in [0.15, 0.2) is 78.9 Å². The first-order valence-corrected chi connectivity index (χ1v) is 11.1. The molecule has 4 rings (SSSR count). The first kappa shape index (κ1) is 21.8. The Kier molecular flexibility index (Phi) is 7.25. The summed E-state index contributed by atoms with van der Waals surface area (Å²) >= 11 is 12.6. The zero-order valence-electron chi connectivity index (χ0n) is 17.0. The van der Waals surface area contributed by atoms with E-state index in [2.05, 4.69) is 10.2 Å². The van der Waals surface area contributed by atoms with Crippen molar-refractivity contribution in [1.82, 2.24) is 10.2 Å². The molecule has 4 nitrogen and oxygen atoms in total. The van der Waals surface area contributed by atoms with Crippen LogP contribution in [0.5, 0.6) is 0 Å². The molecule has 1 heterocycles. The van der Waals surface area contributed by atoms with Crippen LogP contribution in [-0.4, -0.2) is 37.1 Å². The van der Waals surface area contributed by atoms with Crippen molar-refractivity contribution in [3.63, 3.8) is 0 Å². The largest absolute Gasteiger partial charge is 0.379 e. The lowest BCUT2D eigenvalue weighted by molar-refractivity contribution is -0.129.